The number of benzene rings is 1. The van der Waals surface area contributed by atoms with Crippen molar-refractivity contribution in [3.63, 3.8) is 0 Å². The lowest BCUT2D eigenvalue weighted by molar-refractivity contribution is -0.384. The highest BCUT2D eigenvalue weighted by Crippen LogP contribution is 2.22. The van der Waals surface area contributed by atoms with Gasteiger partial charge in [-0.25, -0.2) is 9.18 Å². The molecular weight excluding hydrogens is 205 g/mol. The van der Waals surface area contributed by atoms with Crippen molar-refractivity contribution in [3.05, 3.63) is 39.9 Å². The maximum Gasteiger partial charge on any atom is 0.345 e. The summed E-state index contributed by atoms with van der Waals surface area (Å²) in [6.45, 7) is 0. The Labute approximate surface area is 84.6 Å². The first kappa shape index (κ1) is 11.1. The van der Waals surface area contributed by atoms with Gasteiger partial charge in [0.15, 0.2) is 0 Å². The van der Waals surface area contributed by atoms with E-state index in [1.54, 1.807) is 0 Å². The molecule has 0 saturated carbocycles. The summed E-state index contributed by atoms with van der Waals surface area (Å²) in [5.74, 6) is -1.07. The molecule has 0 saturated heterocycles. The van der Waals surface area contributed by atoms with Crippen molar-refractivity contribution in [2.75, 3.05) is 7.11 Å². The van der Waals surface area contributed by atoms with Gasteiger partial charge in [0, 0.05) is 17.7 Å². The molecule has 0 fully saturated rings. The molecule has 80 valence electrons. The van der Waals surface area contributed by atoms with Crippen LogP contribution < -0.4 is 0 Å². The Bertz CT molecular complexity index is 393. The molecule has 0 aromatic heterocycles. The number of carbonyl (C=O) groups excluding carboxylic acids is 1. The Balaban J connectivity index is 3.00. The van der Waals surface area contributed by atoms with Crippen molar-refractivity contribution in [2.24, 2.45) is 0 Å². The van der Waals surface area contributed by atoms with Gasteiger partial charge in [-0.15, -0.1) is 0 Å². The van der Waals surface area contributed by atoms with E-state index in [0.29, 0.717) is 0 Å². The summed E-state index contributed by atoms with van der Waals surface area (Å²) in [6.07, 6.45) is -1.99. The van der Waals surface area contributed by atoms with Crippen molar-refractivity contribution >= 4 is 11.7 Å². The van der Waals surface area contributed by atoms with Crippen LogP contribution >= 0.6 is 0 Å². The van der Waals surface area contributed by atoms with Crippen LogP contribution in [-0.2, 0) is 9.53 Å². The van der Waals surface area contributed by atoms with Crippen LogP contribution in [0.1, 0.15) is 11.7 Å². The van der Waals surface area contributed by atoms with Gasteiger partial charge in [-0.05, 0) is 0 Å². The van der Waals surface area contributed by atoms with Gasteiger partial charge in [0.2, 0.25) is 6.17 Å². The van der Waals surface area contributed by atoms with Crippen molar-refractivity contribution in [2.45, 2.75) is 6.17 Å². The van der Waals surface area contributed by atoms with Crippen LogP contribution in [0.15, 0.2) is 24.3 Å². The third kappa shape index (κ3) is 2.49. The fraction of sp³-hybridized carbons (Fsp3) is 0.222. The van der Waals surface area contributed by atoms with Crippen LogP contribution in [0.3, 0.4) is 0 Å². The first-order chi connectivity index (χ1) is 7.06. The monoisotopic (exact) mass is 213 g/mol. The molecule has 1 unspecified atom stereocenters. The smallest absolute Gasteiger partial charge is 0.345 e. The highest BCUT2D eigenvalue weighted by molar-refractivity contribution is 5.76. The minimum Gasteiger partial charge on any atom is -0.467 e. The van der Waals surface area contributed by atoms with Crippen molar-refractivity contribution in [1.82, 2.24) is 0 Å². The zero-order valence-corrected chi connectivity index (χ0v) is 7.84. The number of nitro benzene ring substituents is 1. The number of carbonyl (C=O) groups is 1. The van der Waals surface area contributed by atoms with Crippen molar-refractivity contribution in [1.29, 1.82) is 0 Å². The van der Waals surface area contributed by atoms with Crippen LogP contribution in [0.5, 0.6) is 0 Å². The summed E-state index contributed by atoms with van der Waals surface area (Å²) in [7, 11) is 1.05. The summed E-state index contributed by atoms with van der Waals surface area (Å²) in [5, 5.41) is 10.4. The number of hydrogen-bond acceptors (Lipinski definition) is 4. The van der Waals surface area contributed by atoms with Gasteiger partial charge in [0.05, 0.1) is 12.0 Å². The van der Waals surface area contributed by atoms with Crippen LogP contribution in [-0.4, -0.2) is 18.0 Å². The SMILES string of the molecule is COC(=O)C(F)c1cccc([N+](=O)[O-])c1. The number of methoxy groups -OCH3 is 1. The van der Waals surface area contributed by atoms with Crippen LogP contribution in [0.25, 0.3) is 0 Å². The van der Waals surface area contributed by atoms with E-state index >= 15 is 0 Å². The molecule has 0 aliphatic heterocycles. The number of ether oxygens (including phenoxy) is 1. The molecule has 15 heavy (non-hydrogen) atoms. The number of rotatable bonds is 3. The number of alkyl halides is 1. The molecule has 5 nitrogen and oxygen atoms in total. The Hall–Kier alpha value is -1.98. The highest BCUT2D eigenvalue weighted by atomic mass is 19.1. The summed E-state index contributed by atoms with van der Waals surface area (Å²) in [5.41, 5.74) is -0.352. The van der Waals surface area contributed by atoms with Gasteiger partial charge in [-0.1, -0.05) is 12.1 Å². The zero-order chi connectivity index (χ0) is 11.4. The number of non-ortho nitro benzene ring substituents is 1. The van der Waals surface area contributed by atoms with E-state index in [1.807, 2.05) is 0 Å². The molecule has 0 amide bonds. The maximum atomic E-state index is 13.3. The molecule has 1 rings (SSSR count). The fourth-order valence-corrected chi connectivity index (χ4v) is 1.04. The second-order valence-electron chi connectivity index (χ2n) is 2.74. The average molecular weight is 213 g/mol. The van der Waals surface area contributed by atoms with Gasteiger partial charge in [-0.3, -0.25) is 10.1 Å². The quantitative estimate of drug-likeness (QED) is 0.436. The lowest BCUT2D eigenvalue weighted by Crippen LogP contribution is -2.09. The Morgan fingerprint density at radius 2 is 2.27 bits per heavy atom. The van der Waals surface area contributed by atoms with Crippen molar-refractivity contribution < 1.29 is 18.8 Å². The molecular formula is C9H8FNO4. The molecule has 1 aromatic carbocycles. The molecule has 6 heteroatoms. The number of nitro groups is 1. The normalized spacial score (nSPS) is 11.9. The van der Waals surface area contributed by atoms with E-state index < -0.39 is 17.1 Å². The van der Waals surface area contributed by atoms with Gasteiger partial charge >= 0.3 is 5.97 Å². The minimum atomic E-state index is -1.99. The second kappa shape index (κ2) is 4.50. The van der Waals surface area contributed by atoms with Gasteiger partial charge < -0.3 is 4.74 Å². The average Bonchev–Trinajstić information content (AvgIpc) is 2.27. The van der Waals surface area contributed by atoms with E-state index in [4.69, 9.17) is 0 Å². The van der Waals surface area contributed by atoms with Crippen LogP contribution in [0.2, 0.25) is 0 Å². The molecule has 0 N–H and O–H groups in total. The molecule has 0 aliphatic rings. The number of halogens is 1. The predicted molar refractivity (Wildman–Crippen MR) is 49.0 cm³/mol. The lowest BCUT2D eigenvalue weighted by atomic mass is 10.1. The minimum absolute atomic E-state index is 0.0870. The first-order valence-corrected chi connectivity index (χ1v) is 4.02. The van der Waals surface area contributed by atoms with Crippen molar-refractivity contribution in [3.8, 4) is 0 Å². The largest absolute Gasteiger partial charge is 0.467 e. The van der Waals surface area contributed by atoms with Crippen LogP contribution in [0, 0.1) is 10.1 Å². The third-order valence-corrected chi connectivity index (χ3v) is 1.78. The van der Waals surface area contributed by atoms with E-state index in [-0.39, 0.29) is 11.3 Å². The van der Waals surface area contributed by atoms with Gasteiger partial charge in [0.1, 0.15) is 0 Å². The molecule has 1 atom stereocenters. The zero-order valence-electron chi connectivity index (χ0n) is 7.84. The molecule has 1 aromatic rings. The number of esters is 1. The van der Waals surface area contributed by atoms with Crippen LogP contribution in [0.4, 0.5) is 10.1 Å². The summed E-state index contributed by atoms with van der Waals surface area (Å²) < 4.78 is 17.5. The lowest BCUT2D eigenvalue weighted by Gasteiger charge is -2.05. The number of hydrogen-bond donors (Lipinski definition) is 0. The summed E-state index contributed by atoms with van der Waals surface area (Å²) in [4.78, 5) is 20.5. The Morgan fingerprint density at radius 3 is 2.80 bits per heavy atom. The first-order valence-electron chi connectivity index (χ1n) is 4.02. The standard InChI is InChI=1S/C9H8FNO4/c1-15-9(12)8(10)6-3-2-4-7(5-6)11(13)14/h2-5,8H,1H3. The van der Waals surface area contributed by atoms with E-state index in [0.717, 1.165) is 13.2 Å². The highest BCUT2D eigenvalue weighted by Gasteiger charge is 2.21. The van der Waals surface area contributed by atoms with E-state index in [1.165, 1.54) is 18.2 Å². The Morgan fingerprint density at radius 1 is 1.60 bits per heavy atom. The topological polar surface area (TPSA) is 69.4 Å². The van der Waals surface area contributed by atoms with Gasteiger partial charge in [0.25, 0.3) is 5.69 Å². The Kier molecular flexibility index (Phi) is 3.33. The van der Waals surface area contributed by atoms with E-state index in [9.17, 15) is 19.3 Å². The van der Waals surface area contributed by atoms with E-state index in [2.05, 4.69) is 4.74 Å². The molecule has 0 aliphatic carbocycles. The predicted octanol–water partition coefficient (Wildman–Crippen LogP) is 1.78. The molecule has 0 spiro atoms. The molecule has 0 radical (unpaired) electrons. The third-order valence-electron chi connectivity index (χ3n) is 1.78. The fourth-order valence-electron chi connectivity index (χ4n) is 1.04. The summed E-state index contributed by atoms with van der Waals surface area (Å²) >= 11 is 0. The van der Waals surface area contributed by atoms with Gasteiger partial charge in [-0.2, -0.15) is 0 Å². The number of nitrogens with zero attached hydrogens (tertiary/aromatic N) is 1. The second-order valence-corrected chi connectivity index (χ2v) is 2.74. The summed E-state index contributed by atoms with van der Waals surface area (Å²) in [6, 6.07) is 4.81. The molecule has 0 bridgehead atoms. The molecule has 0 heterocycles. The maximum absolute atomic E-state index is 13.3.